The highest BCUT2D eigenvalue weighted by molar-refractivity contribution is 5.88. The van der Waals surface area contributed by atoms with Crippen molar-refractivity contribution >= 4 is 5.97 Å². The van der Waals surface area contributed by atoms with E-state index in [9.17, 15) is 18.0 Å². The van der Waals surface area contributed by atoms with E-state index < -0.39 is 18.6 Å². The fourth-order valence-electron chi connectivity index (χ4n) is 0.901. The molecule has 1 heterocycles. The Kier molecular flexibility index (Phi) is 3.76. The molecule has 0 saturated carbocycles. The fourth-order valence-corrected chi connectivity index (χ4v) is 0.901. The zero-order valence-electron chi connectivity index (χ0n) is 7.71. The highest BCUT2D eigenvalue weighted by Crippen LogP contribution is 2.21. The maximum absolute atomic E-state index is 11.7. The van der Waals surface area contributed by atoms with Crippen LogP contribution in [-0.4, -0.2) is 18.8 Å². The van der Waals surface area contributed by atoms with Crippen molar-refractivity contribution in [2.24, 2.45) is 0 Å². The van der Waals surface area contributed by atoms with Crippen molar-refractivity contribution in [3.05, 3.63) is 24.2 Å². The molecule has 0 amide bonds. The second-order valence-corrected chi connectivity index (χ2v) is 2.87. The lowest BCUT2D eigenvalue weighted by Crippen LogP contribution is -2.11. The van der Waals surface area contributed by atoms with E-state index in [0.717, 1.165) is 0 Å². The molecule has 6 heteroatoms. The summed E-state index contributed by atoms with van der Waals surface area (Å²) in [6.45, 7) is -0.247. The summed E-state index contributed by atoms with van der Waals surface area (Å²) in [5.74, 6) is -0.675. The quantitative estimate of drug-likeness (QED) is 0.580. The molecular formula is C9H9F3O3. The lowest BCUT2D eigenvalue weighted by molar-refractivity contribution is -0.137. The molecule has 1 aromatic rings. The molecule has 0 aliphatic carbocycles. The van der Waals surface area contributed by atoms with Crippen molar-refractivity contribution in [1.29, 1.82) is 0 Å². The molecule has 0 atom stereocenters. The predicted octanol–water partition coefficient (Wildman–Crippen LogP) is 2.78. The van der Waals surface area contributed by atoms with Crippen molar-refractivity contribution < 1.29 is 27.1 Å². The lowest BCUT2D eigenvalue weighted by atomic mass is 10.3. The SMILES string of the molecule is O=C(OCCCC(F)(F)F)c1ccoc1. The minimum atomic E-state index is -4.21. The number of carbonyl (C=O) groups is 1. The van der Waals surface area contributed by atoms with Crippen molar-refractivity contribution in [2.75, 3.05) is 6.61 Å². The number of furan rings is 1. The van der Waals surface area contributed by atoms with Gasteiger partial charge in [0.15, 0.2) is 0 Å². The van der Waals surface area contributed by atoms with E-state index in [4.69, 9.17) is 0 Å². The van der Waals surface area contributed by atoms with Crippen LogP contribution in [0.5, 0.6) is 0 Å². The number of esters is 1. The molecule has 84 valence electrons. The first-order chi connectivity index (χ1) is 6.99. The van der Waals surface area contributed by atoms with Crippen molar-refractivity contribution in [1.82, 2.24) is 0 Å². The Balaban J connectivity index is 2.19. The van der Waals surface area contributed by atoms with E-state index in [-0.39, 0.29) is 18.6 Å². The Labute approximate surface area is 83.8 Å². The lowest BCUT2D eigenvalue weighted by Gasteiger charge is -2.06. The summed E-state index contributed by atoms with van der Waals surface area (Å²) in [5, 5.41) is 0. The van der Waals surface area contributed by atoms with Gasteiger partial charge in [-0.05, 0) is 12.5 Å². The van der Waals surface area contributed by atoms with Gasteiger partial charge in [-0.25, -0.2) is 4.79 Å². The fraction of sp³-hybridized carbons (Fsp3) is 0.444. The Morgan fingerprint density at radius 2 is 2.20 bits per heavy atom. The average Bonchev–Trinajstić information content (AvgIpc) is 2.63. The third-order valence-electron chi connectivity index (χ3n) is 1.59. The molecule has 0 aromatic carbocycles. The van der Waals surface area contributed by atoms with Gasteiger partial charge in [0.2, 0.25) is 0 Å². The van der Waals surface area contributed by atoms with Gasteiger partial charge in [0.05, 0.1) is 18.4 Å². The topological polar surface area (TPSA) is 39.4 Å². The van der Waals surface area contributed by atoms with Gasteiger partial charge < -0.3 is 9.15 Å². The molecule has 0 unspecified atom stereocenters. The Morgan fingerprint density at radius 3 is 2.73 bits per heavy atom. The number of rotatable bonds is 4. The van der Waals surface area contributed by atoms with Crippen molar-refractivity contribution in [3.8, 4) is 0 Å². The minimum absolute atomic E-state index is 0.196. The third-order valence-corrected chi connectivity index (χ3v) is 1.59. The largest absolute Gasteiger partial charge is 0.472 e. The molecule has 3 nitrogen and oxygen atoms in total. The van der Waals surface area contributed by atoms with Gasteiger partial charge in [0, 0.05) is 6.42 Å². The summed E-state index contributed by atoms with van der Waals surface area (Å²) >= 11 is 0. The number of hydrogen-bond donors (Lipinski definition) is 0. The predicted molar refractivity (Wildman–Crippen MR) is 44.3 cm³/mol. The van der Waals surface area contributed by atoms with Gasteiger partial charge >= 0.3 is 12.1 Å². The van der Waals surface area contributed by atoms with Crippen LogP contribution in [-0.2, 0) is 4.74 Å². The summed E-state index contributed by atoms with van der Waals surface area (Å²) in [6.07, 6.45) is -2.93. The minimum Gasteiger partial charge on any atom is -0.472 e. The van der Waals surface area contributed by atoms with Crippen LogP contribution in [0.2, 0.25) is 0 Å². The standard InChI is InChI=1S/C9H9F3O3/c10-9(11,12)3-1-4-15-8(13)7-2-5-14-6-7/h2,5-6H,1,3-4H2. The monoisotopic (exact) mass is 222 g/mol. The van der Waals surface area contributed by atoms with E-state index in [0.29, 0.717) is 0 Å². The summed E-state index contributed by atoms with van der Waals surface area (Å²) in [4.78, 5) is 11.1. The van der Waals surface area contributed by atoms with E-state index >= 15 is 0 Å². The van der Waals surface area contributed by atoms with Gasteiger partial charge in [-0.2, -0.15) is 13.2 Å². The second-order valence-electron chi connectivity index (χ2n) is 2.87. The van der Waals surface area contributed by atoms with Crippen molar-refractivity contribution in [3.63, 3.8) is 0 Å². The molecule has 0 aliphatic heterocycles. The summed E-state index contributed by atoms with van der Waals surface area (Å²) in [6, 6.07) is 1.38. The summed E-state index contributed by atoms with van der Waals surface area (Å²) < 4.78 is 44.3. The Morgan fingerprint density at radius 1 is 1.47 bits per heavy atom. The van der Waals surface area contributed by atoms with Crippen LogP contribution in [0.25, 0.3) is 0 Å². The zero-order chi connectivity index (χ0) is 11.3. The Bertz CT molecular complexity index is 303. The van der Waals surface area contributed by atoms with E-state index in [1.165, 1.54) is 18.6 Å². The normalized spacial score (nSPS) is 11.4. The van der Waals surface area contributed by atoms with Crippen LogP contribution in [0.3, 0.4) is 0 Å². The van der Waals surface area contributed by atoms with Gasteiger partial charge in [-0.3, -0.25) is 0 Å². The van der Waals surface area contributed by atoms with E-state index in [2.05, 4.69) is 9.15 Å². The average molecular weight is 222 g/mol. The maximum Gasteiger partial charge on any atom is 0.389 e. The number of alkyl halides is 3. The molecule has 0 saturated heterocycles. The zero-order valence-corrected chi connectivity index (χ0v) is 7.71. The number of carbonyl (C=O) groups excluding carboxylic acids is 1. The molecule has 0 fully saturated rings. The van der Waals surface area contributed by atoms with Gasteiger partial charge in [0.1, 0.15) is 6.26 Å². The van der Waals surface area contributed by atoms with E-state index in [1.807, 2.05) is 0 Å². The highest BCUT2D eigenvalue weighted by atomic mass is 19.4. The maximum atomic E-state index is 11.7. The second kappa shape index (κ2) is 4.86. The molecule has 1 aromatic heterocycles. The number of hydrogen-bond acceptors (Lipinski definition) is 3. The van der Waals surface area contributed by atoms with Crippen LogP contribution in [0.4, 0.5) is 13.2 Å². The van der Waals surface area contributed by atoms with Crippen molar-refractivity contribution in [2.45, 2.75) is 19.0 Å². The first kappa shape index (κ1) is 11.6. The molecule has 0 aliphatic rings. The van der Waals surface area contributed by atoms with Gasteiger partial charge in [-0.15, -0.1) is 0 Å². The Hall–Kier alpha value is -1.46. The van der Waals surface area contributed by atoms with Gasteiger partial charge in [-0.1, -0.05) is 0 Å². The molecule has 1 rings (SSSR count). The van der Waals surface area contributed by atoms with Crippen LogP contribution >= 0.6 is 0 Å². The molecule has 0 radical (unpaired) electrons. The molecule has 0 spiro atoms. The summed E-state index contributed by atoms with van der Waals surface area (Å²) in [7, 11) is 0. The first-order valence-corrected chi connectivity index (χ1v) is 4.25. The highest BCUT2D eigenvalue weighted by Gasteiger charge is 2.26. The van der Waals surface area contributed by atoms with Crippen LogP contribution in [0, 0.1) is 0 Å². The smallest absolute Gasteiger partial charge is 0.389 e. The third kappa shape index (κ3) is 4.53. The number of halogens is 3. The molecular weight excluding hydrogens is 213 g/mol. The van der Waals surface area contributed by atoms with Crippen LogP contribution in [0.1, 0.15) is 23.2 Å². The van der Waals surface area contributed by atoms with Crippen LogP contribution < -0.4 is 0 Å². The number of ether oxygens (including phenoxy) is 1. The van der Waals surface area contributed by atoms with Crippen LogP contribution in [0.15, 0.2) is 23.0 Å². The molecule has 0 N–H and O–H groups in total. The molecule has 0 bridgehead atoms. The summed E-state index contributed by atoms with van der Waals surface area (Å²) in [5.41, 5.74) is 0.196. The first-order valence-electron chi connectivity index (χ1n) is 4.25. The van der Waals surface area contributed by atoms with Gasteiger partial charge in [0.25, 0.3) is 0 Å². The van der Waals surface area contributed by atoms with E-state index in [1.54, 1.807) is 0 Å². The molecule has 15 heavy (non-hydrogen) atoms.